The zero-order valence-electron chi connectivity index (χ0n) is 13.4. The number of carbonyl (C=O) groups excluding carboxylic acids is 3. The molecule has 1 aromatic carbocycles. The molecule has 1 atom stereocenters. The van der Waals surface area contributed by atoms with Gasteiger partial charge < -0.3 is 14.8 Å². The Morgan fingerprint density at radius 1 is 1.30 bits per heavy atom. The molecule has 23 heavy (non-hydrogen) atoms. The third-order valence-corrected chi connectivity index (χ3v) is 3.11. The fourth-order valence-electron chi connectivity index (χ4n) is 2.16. The van der Waals surface area contributed by atoms with Gasteiger partial charge in [0.05, 0.1) is 0 Å². The average Bonchev–Trinajstić information content (AvgIpc) is 2.86. The summed E-state index contributed by atoms with van der Waals surface area (Å²) in [7, 11) is 0. The number of ether oxygens (including phenoxy) is 2. The first-order chi connectivity index (χ1) is 10.8. The Morgan fingerprint density at radius 2 is 1.96 bits per heavy atom. The highest BCUT2D eigenvalue weighted by molar-refractivity contribution is 5.95. The molecule has 0 aliphatic carbocycles. The van der Waals surface area contributed by atoms with Crippen LogP contribution in [0.1, 0.15) is 32.4 Å². The van der Waals surface area contributed by atoms with Crippen LogP contribution in [0, 0.1) is 0 Å². The highest BCUT2D eigenvalue weighted by Gasteiger charge is 2.38. The van der Waals surface area contributed by atoms with E-state index >= 15 is 0 Å². The number of rotatable bonds is 3. The van der Waals surface area contributed by atoms with E-state index in [4.69, 9.17) is 9.47 Å². The SMILES string of the molecule is CC(C)(C)OC(=O)NCC(=O)N1C(=O)OCC1c1ccccc1. The van der Waals surface area contributed by atoms with E-state index < -0.39 is 29.7 Å². The molecule has 0 aromatic heterocycles. The molecule has 1 aliphatic heterocycles. The molecule has 2 rings (SSSR count). The number of hydrogen-bond acceptors (Lipinski definition) is 5. The monoisotopic (exact) mass is 320 g/mol. The van der Waals surface area contributed by atoms with Gasteiger partial charge in [-0.3, -0.25) is 4.79 Å². The maximum absolute atomic E-state index is 12.3. The molecule has 7 heteroatoms. The zero-order valence-corrected chi connectivity index (χ0v) is 13.4. The lowest BCUT2D eigenvalue weighted by Crippen LogP contribution is -2.43. The number of carbonyl (C=O) groups is 3. The number of hydrogen-bond donors (Lipinski definition) is 1. The van der Waals surface area contributed by atoms with Crippen molar-refractivity contribution < 1.29 is 23.9 Å². The number of amides is 3. The van der Waals surface area contributed by atoms with Crippen LogP contribution in [0.25, 0.3) is 0 Å². The smallest absolute Gasteiger partial charge is 0.417 e. The molecule has 0 radical (unpaired) electrons. The summed E-state index contributed by atoms with van der Waals surface area (Å²) < 4.78 is 10.0. The van der Waals surface area contributed by atoms with Gasteiger partial charge in [0.2, 0.25) is 0 Å². The second-order valence-electron chi connectivity index (χ2n) is 6.12. The Morgan fingerprint density at radius 3 is 2.57 bits per heavy atom. The number of benzene rings is 1. The Labute approximate surface area is 134 Å². The fraction of sp³-hybridized carbons (Fsp3) is 0.438. The number of alkyl carbamates (subject to hydrolysis) is 1. The van der Waals surface area contributed by atoms with E-state index in [-0.39, 0.29) is 13.2 Å². The molecule has 0 spiro atoms. The van der Waals surface area contributed by atoms with E-state index in [0.717, 1.165) is 10.5 Å². The van der Waals surface area contributed by atoms with Crippen LogP contribution in [0.4, 0.5) is 9.59 Å². The first-order valence-electron chi connectivity index (χ1n) is 7.28. The molecule has 124 valence electrons. The average molecular weight is 320 g/mol. The molecule has 1 fully saturated rings. The summed E-state index contributed by atoms with van der Waals surface area (Å²) in [4.78, 5) is 36.7. The van der Waals surface area contributed by atoms with Gasteiger partial charge in [-0.25, -0.2) is 14.5 Å². The normalized spacial score (nSPS) is 17.6. The van der Waals surface area contributed by atoms with E-state index in [1.54, 1.807) is 20.8 Å². The van der Waals surface area contributed by atoms with E-state index in [1.165, 1.54) is 0 Å². The second-order valence-corrected chi connectivity index (χ2v) is 6.12. The lowest BCUT2D eigenvalue weighted by atomic mass is 10.1. The minimum absolute atomic E-state index is 0.0982. The topological polar surface area (TPSA) is 84.9 Å². The van der Waals surface area contributed by atoms with Crippen LogP contribution in [0.2, 0.25) is 0 Å². The maximum Gasteiger partial charge on any atom is 0.417 e. The largest absolute Gasteiger partial charge is 0.446 e. The standard InChI is InChI=1S/C16H20N2O5/c1-16(2,3)23-14(20)17-9-13(19)18-12(10-22-15(18)21)11-7-5-4-6-8-11/h4-8,12H,9-10H2,1-3H3,(H,17,20). The molecular formula is C16H20N2O5. The Balaban J connectivity index is 1.99. The minimum atomic E-state index is -0.713. The second kappa shape index (κ2) is 6.68. The van der Waals surface area contributed by atoms with Gasteiger partial charge in [-0.15, -0.1) is 0 Å². The van der Waals surface area contributed by atoms with Crippen molar-refractivity contribution in [3.05, 3.63) is 35.9 Å². The molecule has 1 aliphatic rings. The van der Waals surface area contributed by atoms with Crippen LogP contribution in [0.5, 0.6) is 0 Å². The predicted molar refractivity (Wildman–Crippen MR) is 81.6 cm³/mol. The quantitative estimate of drug-likeness (QED) is 0.923. The van der Waals surface area contributed by atoms with E-state index in [1.807, 2.05) is 30.3 Å². The lowest BCUT2D eigenvalue weighted by Gasteiger charge is -2.22. The molecule has 1 N–H and O–H groups in total. The van der Waals surface area contributed by atoms with Crippen molar-refractivity contribution in [1.29, 1.82) is 0 Å². The summed E-state index contributed by atoms with van der Waals surface area (Å²) in [6, 6.07) is 8.62. The van der Waals surface area contributed by atoms with E-state index in [0.29, 0.717) is 0 Å². The summed E-state index contributed by atoms with van der Waals surface area (Å²) in [6.07, 6.45) is -1.43. The lowest BCUT2D eigenvalue weighted by molar-refractivity contribution is -0.128. The Bertz CT molecular complexity index is 594. The maximum atomic E-state index is 12.3. The summed E-state index contributed by atoms with van der Waals surface area (Å²) in [6.45, 7) is 4.92. The van der Waals surface area contributed by atoms with Gasteiger partial charge in [-0.2, -0.15) is 0 Å². The first-order valence-corrected chi connectivity index (χ1v) is 7.28. The fourth-order valence-corrected chi connectivity index (χ4v) is 2.16. The van der Waals surface area contributed by atoms with Crippen molar-refractivity contribution in [3.8, 4) is 0 Å². The molecule has 1 saturated heterocycles. The van der Waals surface area contributed by atoms with Gasteiger partial charge in [-0.05, 0) is 26.3 Å². The highest BCUT2D eigenvalue weighted by atomic mass is 16.6. The zero-order chi connectivity index (χ0) is 17.0. The van der Waals surface area contributed by atoms with Crippen molar-refractivity contribution in [1.82, 2.24) is 10.2 Å². The van der Waals surface area contributed by atoms with Gasteiger partial charge in [0.25, 0.3) is 5.91 Å². The summed E-state index contributed by atoms with van der Waals surface area (Å²) in [5.74, 6) is -0.549. The molecule has 1 unspecified atom stereocenters. The van der Waals surface area contributed by atoms with E-state index in [2.05, 4.69) is 5.32 Å². The number of nitrogens with one attached hydrogen (secondary N) is 1. The predicted octanol–water partition coefficient (Wildman–Crippen LogP) is 2.23. The highest BCUT2D eigenvalue weighted by Crippen LogP contribution is 2.27. The molecule has 1 aromatic rings. The number of imide groups is 1. The Kier molecular flexibility index (Phi) is 4.88. The first kappa shape index (κ1) is 16.8. The third kappa shape index (κ3) is 4.45. The summed E-state index contributed by atoms with van der Waals surface area (Å²) in [5, 5.41) is 2.35. The van der Waals surface area contributed by atoms with E-state index in [9.17, 15) is 14.4 Å². The van der Waals surface area contributed by atoms with Crippen LogP contribution in [0.15, 0.2) is 30.3 Å². The summed E-state index contributed by atoms with van der Waals surface area (Å²) >= 11 is 0. The van der Waals surface area contributed by atoms with Crippen molar-refractivity contribution in [2.75, 3.05) is 13.2 Å². The van der Waals surface area contributed by atoms with Gasteiger partial charge in [0.15, 0.2) is 0 Å². The molecule has 0 bridgehead atoms. The van der Waals surface area contributed by atoms with Crippen LogP contribution in [-0.2, 0) is 14.3 Å². The molecule has 7 nitrogen and oxygen atoms in total. The van der Waals surface area contributed by atoms with Crippen LogP contribution >= 0.6 is 0 Å². The molecular weight excluding hydrogens is 300 g/mol. The van der Waals surface area contributed by atoms with Crippen LogP contribution in [-0.4, -0.2) is 41.7 Å². The molecule has 0 saturated carbocycles. The molecule has 3 amide bonds. The number of cyclic esters (lactones) is 1. The van der Waals surface area contributed by atoms with Crippen molar-refractivity contribution in [2.45, 2.75) is 32.4 Å². The van der Waals surface area contributed by atoms with Gasteiger partial charge in [0.1, 0.15) is 24.8 Å². The summed E-state index contributed by atoms with van der Waals surface area (Å²) in [5.41, 5.74) is 0.135. The molecule has 1 heterocycles. The van der Waals surface area contributed by atoms with Crippen molar-refractivity contribution >= 4 is 18.1 Å². The van der Waals surface area contributed by atoms with Crippen molar-refractivity contribution in [3.63, 3.8) is 0 Å². The third-order valence-electron chi connectivity index (χ3n) is 3.11. The van der Waals surface area contributed by atoms with Crippen LogP contribution < -0.4 is 5.32 Å². The van der Waals surface area contributed by atoms with Gasteiger partial charge >= 0.3 is 12.2 Å². The van der Waals surface area contributed by atoms with Gasteiger partial charge in [-0.1, -0.05) is 30.3 Å². The van der Waals surface area contributed by atoms with Crippen LogP contribution in [0.3, 0.4) is 0 Å². The number of nitrogens with zero attached hydrogens (tertiary/aromatic N) is 1. The van der Waals surface area contributed by atoms with Gasteiger partial charge in [0, 0.05) is 0 Å². The Hall–Kier alpha value is -2.57. The minimum Gasteiger partial charge on any atom is -0.446 e. The van der Waals surface area contributed by atoms with Crippen molar-refractivity contribution in [2.24, 2.45) is 0 Å².